The van der Waals surface area contributed by atoms with Crippen LogP contribution in [0.3, 0.4) is 0 Å². The maximum absolute atomic E-state index is 11.4. The number of carbonyl (C=O) groups is 1. The van der Waals surface area contributed by atoms with Crippen LogP contribution in [0.5, 0.6) is 11.5 Å². The number of carbonyl (C=O) groups excluding carboxylic acids is 1. The van der Waals surface area contributed by atoms with Crippen LogP contribution in [-0.2, 0) is 9.53 Å². The zero-order valence-corrected chi connectivity index (χ0v) is 12.1. The first kappa shape index (κ1) is 15.9. The average Bonchev–Trinajstić information content (AvgIpc) is 2.44. The van der Waals surface area contributed by atoms with Crippen LogP contribution < -0.4 is 9.47 Å². The number of rotatable bonds is 5. The Kier molecular flexibility index (Phi) is 5.88. The molecule has 0 aliphatic carbocycles. The summed E-state index contributed by atoms with van der Waals surface area (Å²) in [5.41, 5.74) is 0.647. The molecular formula is C14H14ClNO4. The van der Waals surface area contributed by atoms with Crippen LogP contribution in [0.25, 0.3) is 6.08 Å². The van der Waals surface area contributed by atoms with Gasteiger partial charge in [-0.1, -0.05) is 11.6 Å². The first-order chi connectivity index (χ1) is 9.51. The summed E-state index contributed by atoms with van der Waals surface area (Å²) < 4.78 is 15.0. The summed E-state index contributed by atoms with van der Waals surface area (Å²) in [4.78, 5) is 11.4. The topological polar surface area (TPSA) is 68.5 Å². The molecule has 5 nitrogen and oxygen atoms in total. The second kappa shape index (κ2) is 7.41. The summed E-state index contributed by atoms with van der Waals surface area (Å²) >= 11 is 6.04. The lowest BCUT2D eigenvalue weighted by Crippen LogP contribution is -2.10. The summed E-state index contributed by atoms with van der Waals surface area (Å²) in [6.45, 7) is 1.49. The van der Waals surface area contributed by atoms with Gasteiger partial charge in [0.05, 0.1) is 19.2 Å². The molecule has 20 heavy (non-hydrogen) atoms. The summed E-state index contributed by atoms with van der Waals surface area (Å²) in [7, 11) is 2.98. The lowest BCUT2D eigenvalue weighted by Gasteiger charge is -2.10. The van der Waals surface area contributed by atoms with Crippen molar-refractivity contribution in [3.8, 4) is 17.6 Å². The Morgan fingerprint density at radius 1 is 1.40 bits per heavy atom. The van der Waals surface area contributed by atoms with E-state index < -0.39 is 12.1 Å². The Bertz CT molecular complexity index is 563. The van der Waals surface area contributed by atoms with Crippen LogP contribution in [0, 0.1) is 11.3 Å². The highest BCUT2D eigenvalue weighted by Crippen LogP contribution is 2.36. The number of hydrogen-bond donors (Lipinski definition) is 0. The highest BCUT2D eigenvalue weighted by Gasteiger charge is 2.10. The molecule has 1 atom stereocenters. The van der Waals surface area contributed by atoms with E-state index in [-0.39, 0.29) is 0 Å². The van der Waals surface area contributed by atoms with Gasteiger partial charge < -0.3 is 14.2 Å². The minimum atomic E-state index is -0.791. The van der Waals surface area contributed by atoms with Gasteiger partial charge in [-0.05, 0) is 30.7 Å². The third-order valence-electron chi connectivity index (χ3n) is 2.34. The predicted octanol–water partition coefficient (Wildman–Crippen LogP) is 2.83. The number of nitrogens with zero attached hydrogens (tertiary/aromatic N) is 1. The SMILES string of the molecule is COc1cc(/C=C/C(=O)O[C@@H](C)C#N)cc(Cl)c1OC. The van der Waals surface area contributed by atoms with Gasteiger partial charge in [-0.2, -0.15) is 5.26 Å². The Hall–Kier alpha value is -2.19. The van der Waals surface area contributed by atoms with Crippen molar-refractivity contribution in [3.63, 3.8) is 0 Å². The minimum absolute atomic E-state index is 0.366. The molecule has 1 aromatic carbocycles. The molecule has 0 heterocycles. The molecule has 0 radical (unpaired) electrons. The molecule has 0 spiro atoms. The van der Waals surface area contributed by atoms with Crippen LogP contribution in [-0.4, -0.2) is 26.3 Å². The second-order valence-corrected chi connectivity index (χ2v) is 4.19. The van der Waals surface area contributed by atoms with Crippen molar-refractivity contribution < 1.29 is 19.0 Å². The van der Waals surface area contributed by atoms with Gasteiger partial charge in [0.25, 0.3) is 0 Å². The largest absolute Gasteiger partial charge is 0.493 e. The molecule has 1 rings (SSSR count). The van der Waals surface area contributed by atoms with E-state index in [4.69, 9.17) is 31.1 Å². The third-order valence-corrected chi connectivity index (χ3v) is 2.62. The van der Waals surface area contributed by atoms with Gasteiger partial charge in [0.1, 0.15) is 6.07 Å². The van der Waals surface area contributed by atoms with Gasteiger partial charge in [0, 0.05) is 6.08 Å². The molecule has 0 amide bonds. The molecule has 0 aromatic heterocycles. The van der Waals surface area contributed by atoms with E-state index >= 15 is 0 Å². The van der Waals surface area contributed by atoms with Crippen molar-refractivity contribution >= 4 is 23.6 Å². The van der Waals surface area contributed by atoms with Gasteiger partial charge in [0.2, 0.25) is 0 Å². The fourth-order valence-electron chi connectivity index (χ4n) is 1.44. The van der Waals surface area contributed by atoms with E-state index in [1.165, 1.54) is 33.3 Å². The van der Waals surface area contributed by atoms with Crippen molar-refractivity contribution in [3.05, 3.63) is 28.8 Å². The zero-order valence-electron chi connectivity index (χ0n) is 11.3. The lowest BCUT2D eigenvalue weighted by atomic mass is 10.2. The fraction of sp³-hybridized carbons (Fsp3) is 0.286. The molecule has 0 bridgehead atoms. The van der Waals surface area contributed by atoms with Gasteiger partial charge >= 0.3 is 5.97 Å². The first-order valence-corrected chi connectivity index (χ1v) is 6.09. The van der Waals surface area contributed by atoms with Gasteiger partial charge in [-0.3, -0.25) is 0 Å². The Labute approximate surface area is 122 Å². The van der Waals surface area contributed by atoms with Crippen molar-refractivity contribution in [1.82, 2.24) is 0 Å². The van der Waals surface area contributed by atoms with Crippen LogP contribution in [0.2, 0.25) is 5.02 Å². The molecule has 6 heteroatoms. The van der Waals surface area contributed by atoms with Crippen LogP contribution >= 0.6 is 11.6 Å². The van der Waals surface area contributed by atoms with Crippen molar-refractivity contribution in [1.29, 1.82) is 5.26 Å². The molecule has 106 valence electrons. The van der Waals surface area contributed by atoms with Crippen LogP contribution in [0.15, 0.2) is 18.2 Å². The zero-order chi connectivity index (χ0) is 15.1. The highest BCUT2D eigenvalue weighted by molar-refractivity contribution is 6.32. The first-order valence-electron chi connectivity index (χ1n) is 5.71. The Balaban J connectivity index is 2.91. The number of ether oxygens (including phenoxy) is 3. The molecule has 0 aliphatic heterocycles. The summed E-state index contributed by atoms with van der Waals surface area (Å²) in [5, 5.41) is 8.90. The lowest BCUT2D eigenvalue weighted by molar-refractivity contribution is -0.139. The maximum Gasteiger partial charge on any atom is 0.332 e. The smallest absolute Gasteiger partial charge is 0.332 e. The van der Waals surface area contributed by atoms with Crippen LogP contribution in [0.1, 0.15) is 12.5 Å². The highest BCUT2D eigenvalue weighted by atomic mass is 35.5. The van der Waals surface area contributed by atoms with E-state index in [1.807, 2.05) is 0 Å². The number of halogens is 1. The Morgan fingerprint density at radius 3 is 2.65 bits per heavy atom. The van der Waals surface area contributed by atoms with Gasteiger partial charge in [-0.25, -0.2) is 4.79 Å². The summed E-state index contributed by atoms with van der Waals surface area (Å²) in [6, 6.07) is 5.10. The van der Waals surface area contributed by atoms with Crippen molar-refractivity contribution in [2.75, 3.05) is 14.2 Å². The molecule has 0 aliphatic rings. The molecule has 1 aromatic rings. The third kappa shape index (κ3) is 4.18. The quantitative estimate of drug-likeness (QED) is 0.617. The second-order valence-electron chi connectivity index (χ2n) is 3.78. The summed E-state index contributed by atoms with van der Waals surface area (Å²) in [5.74, 6) is 0.273. The minimum Gasteiger partial charge on any atom is -0.493 e. The van der Waals surface area contributed by atoms with Crippen molar-refractivity contribution in [2.24, 2.45) is 0 Å². The van der Waals surface area contributed by atoms with E-state index in [2.05, 4.69) is 0 Å². The van der Waals surface area contributed by atoms with E-state index in [0.29, 0.717) is 22.1 Å². The van der Waals surface area contributed by atoms with E-state index in [9.17, 15) is 4.79 Å². The van der Waals surface area contributed by atoms with Crippen LogP contribution in [0.4, 0.5) is 0 Å². The van der Waals surface area contributed by atoms with Crippen molar-refractivity contribution in [2.45, 2.75) is 13.0 Å². The molecule has 0 fully saturated rings. The molecule has 0 saturated carbocycles. The number of hydrogen-bond acceptors (Lipinski definition) is 5. The number of benzene rings is 1. The van der Waals surface area contributed by atoms with Gasteiger partial charge in [-0.15, -0.1) is 0 Å². The molecule has 0 saturated heterocycles. The normalized spacial score (nSPS) is 11.8. The number of nitriles is 1. The summed E-state index contributed by atoms with van der Waals surface area (Å²) in [6.07, 6.45) is 1.94. The fourth-order valence-corrected chi connectivity index (χ4v) is 1.73. The number of esters is 1. The molecule has 0 unspecified atom stereocenters. The number of methoxy groups -OCH3 is 2. The predicted molar refractivity (Wildman–Crippen MR) is 74.8 cm³/mol. The standard InChI is InChI=1S/C14H14ClNO4/c1-9(8-16)20-13(17)5-4-10-6-11(15)14(19-3)12(7-10)18-2/h4-7,9H,1-3H3/b5-4+/t9-/m0/s1. The van der Waals surface area contributed by atoms with Gasteiger partial charge in [0.15, 0.2) is 17.6 Å². The Morgan fingerprint density at radius 2 is 2.10 bits per heavy atom. The molecule has 0 N–H and O–H groups in total. The maximum atomic E-state index is 11.4. The molecular weight excluding hydrogens is 282 g/mol. The van der Waals surface area contributed by atoms with E-state index in [0.717, 1.165) is 0 Å². The monoisotopic (exact) mass is 295 g/mol. The average molecular weight is 296 g/mol. The van der Waals surface area contributed by atoms with E-state index in [1.54, 1.807) is 18.2 Å².